The Bertz CT molecular complexity index is 469. The van der Waals surface area contributed by atoms with Gasteiger partial charge in [-0.3, -0.25) is 4.57 Å². The minimum Gasteiger partial charge on any atom is -0.272 e. The predicted molar refractivity (Wildman–Crippen MR) is 51.3 cm³/mol. The lowest BCUT2D eigenvalue weighted by Gasteiger charge is -2.02. The summed E-state index contributed by atoms with van der Waals surface area (Å²) in [5, 5.41) is 7.42. The van der Waals surface area contributed by atoms with E-state index in [-0.39, 0.29) is 10.3 Å². The number of benzene rings is 1. The molecule has 1 aromatic carbocycles. The van der Waals surface area contributed by atoms with E-state index in [1.165, 1.54) is 29.1 Å². The molecule has 0 unspecified atom stereocenters. The molecule has 6 heteroatoms. The Hall–Kier alpha value is -1.13. The maximum Gasteiger partial charge on any atom is 0.229 e. The zero-order chi connectivity index (χ0) is 10.1. The zero-order valence-electron chi connectivity index (χ0n) is 6.78. The van der Waals surface area contributed by atoms with Gasteiger partial charge in [0.15, 0.2) is 0 Å². The van der Waals surface area contributed by atoms with Crippen molar-refractivity contribution in [3.05, 3.63) is 40.6 Å². The molecule has 72 valence electrons. The van der Waals surface area contributed by atoms with E-state index in [0.717, 1.165) is 0 Å². The number of rotatable bonds is 1. The first-order chi connectivity index (χ1) is 6.68. The van der Waals surface area contributed by atoms with Gasteiger partial charge in [0.1, 0.15) is 12.1 Å². The molecule has 2 rings (SSSR count). The molecular formula is C8H4Cl2FN3. The molecule has 1 heterocycles. The van der Waals surface area contributed by atoms with Crippen molar-refractivity contribution in [1.82, 2.24) is 14.8 Å². The second kappa shape index (κ2) is 3.55. The number of hydrogen-bond donors (Lipinski definition) is 0. The molecule has 0 saturated heterocycles. The van der Waals surface area contributed by atoms with Crippen LogP contribution in [0.3, 0.4) is 0 Å². The number of nitrogens with zero attached hydrogens (tertiary/aromatic N) is 3. The van der Waals surface area contributed by atoms with Crippen LogP contribution in [0.1, 0.15) is 0 Å². The molecule has 0 atom stereocenters. The first-order valence-electron chi connectivity index (χ1n) is 3.69. The average Bonchev–Trinajstić information content (AvgIpc) is 2.57. The second-order valence-electron chi connectivity index (χ2n) is 2.57. The van der Waals surface area contributed by atoms with Crippen molar-refractivity contribution >= 4 is 23.2 Å². The van der Waals surface area contributed by atoms with Crippen molar-refractivity contribution in [3.63, 3.8) is 0 Å². The largest absolute Gasteiger partial charge is 0.272 e. The highest BCUT2D eigenvalue weighted by molar-refractivity contribution is 6.31. The molecule has 0 aliphatic heterocycles. The summed E-state index contributed by atoms with van der Waals surface area (Å²) in [6.07, 6.45) is 1.42. The van der Waals surface area contributed by atoms with Gasteiger partial charge in [0, 0.05) is 0 Å². The van der Waals surface area contributed by atoms with Gasteiger partial charge in [-0.15, -0.1) is 10.2 Å². The van der Waals surface area contributed by atoms with E-state index in [1.807, 2.05) is 0 Å². The lowest BCUT2D eigenvalue weighted by molar-refractivity contribution is 0.628. The maximum atomic E-state index is 12.8. The summed E-state index contributed by atoms with van der Waals surface area (Å²) in [4.78, 5) is 0. The molecule has 0 aliphatic rings. The Kier molecular flexibility index (Phi) is 2.39. The third-order valence-corrected chi connectivity index (χ3v) is 2.23. The Morgan fingerprint density at radius 1 is 1.29 bits per heavy atom. The standard InChI is InChI=1S/C8H4Cl2FN3/c9-6-3-5(1-2-7(6)11)14-4-12-13-8(14)10/h1-4H. The Morgan fingerprint density at radius 2 is 2.07 bits per heavy atom. The summed E-state index contributed by atoms with van der Waals surface area (Å²) in [6, 6.07) is 4.25. The van der Waals surface area contributed by atoms with Crippen LogP contribution in [-0.4, -0.2) is 14.8 Å². The van der Waals surface area contributed by atoms with Crippen LogP contribution in [0.5, 0.6) is 0 Å². The van der Waals surface area contributed by atoms with Crippen LogP contribution in [0, 0.1) is 5.82 Å². The molecule has 14 heavy (non-hydrogen) atoms. The molecule has 2 aromatic rings. The highest BCUT2D eigenvalue weighted by atomic mass is 35.5. The third-order valence-electron chi connectivity index (χ3n) is 1.69. The van der Waals surface area contributed by atoms with E-state index in [2.05, 4.69) is 10.2 Å². The fraction of sp³-hybridized carbons (Fsp3) is 0. The number of aromatic nitrogens is 3. The fourth-order valence-electron chi connectivity index (χ4n) is 1.03. The van der Waals surface area contributed by atoms with E-state index < -0.39 is 5.82 Å². The van der Waals surface area contributed by atoms with Gasteiger partial charge in [0.05, 0.1) is 10.7 Å². The van der Waals surface area contributed by atoms with Crippen molar-refractivity contribution in [2.75, 3.05) is 0 Å². The lowest BCUT2D eigenvalue weighted by atomic mass is 10.3. The minimum atomic E-state index is -0.473. The van der Waals surface area contributed by atoms with Crippen molar-refractivity contribution in [2.24, 2.45) is 0 Å². The second-order valence-corrected chi connectivity index (χ2v) is 3.31. The molecule has 0 bridgehead atoms. The van der Waals surface area contributed by atoms with Gasteiger partial charge in [-0.25, -0.2) is 4.39 Å². The Balaban J connectivity index is 2.53. The first kappa shape index (κ1) is 9.43. The van der Waals surface area contributed by atoms with Gasteiger partial charge in [-0.2, -0.15) is 0 Å². The summed E-state index contributed by atoms with van der Waals surface area (Å²) in [5.74, 6) is -0.473. The van der Waals surface area contributed by atoms with Crippen molar-refractivity contribution in [3.8, 4) is 5.69 Å². The average molecular weight is 232 g/mol. The smallest absolute Gasteiger partial charge is 0.229 e. The van der Waals surface area contributed by atoms with Crippen LogP contribution in [0.25, 0.3) is 5.69 Å². The van der Waals surface area contributed by atoms with Crippen LogP contribution < -0.4 is 0 Å². The summed E-state index contributed by atoms with van der Waals surface area (Å²) in [5.41, 5.74) is 0.617. The fourth-order valence-corrected chi connectivity index (χ4v) is 1.39. The molecule has 3 nitrogen and oxygen atoms in total. The van der Waals surface area contributed by atoms with Gasteiger partial charge in [-0.1, -0.05) is 11.6 Å². The van der Waals surface area contributed by atoms with Gasteiger partial charge in [0.25, 0.3) is 0 Å². The van der Waals surface area contributed by atoms with E-state index in [9.17, 15) is 4.39 Å². The van der Waals surface area contributed by atoms with E-state index in [0.29, 0.717) is 5.69 Å². The molecule has 0 saturated carbocycles. The first-order valence-corrected chi connectivity index (χ1v) is 4.45. The van der Waals surface area contributed by atoms with Gasteiger partial charge >= 0.3 is 0 Å². The van der Waals surface area contributed by atoms with Crippen molar-refractivity contribution in [2.45, 2.75) is 0 Å². The molecule has 1 aromatic heterocycles. The predicted octanol–water partition coefficient (Wildman–Crippen LogP) is 2.71. The SMILES string of the molecule is Fc1ccc(-n2cnnc2Cl)cc1Cl. The van der Waals surface area contributed by atoms with Gasteiger partial charge in [0.2, 0.25) is 5.28 Å². The van der Waals surface area contributed by atoms with Gasteiger partial charge < -0.3 is 0 Å². The summed E-state index contributed by atoms with van der Waals surface area (Å²) < 4.78 is 14.3. The highest BCUT2D eigenvalue weighted by Crippen LogP contribution is 2.20. The molecule has 0 aliphatic carbocycles. The number of halogens is 3. The Morgan fingerprint density at radius 3 is 2.64 bits per heavy atom. The maximum absolute atomic E-state index is 12.8. The van der Waals surface area contributed by atoms with Crippen molar-refractivity contribution < 1.29 is 4.39 Å². The minimum absolute atomic E-state index is 0.0345. The molecule has 0 N–H and O–H groups in total. The molecular weight excluding hydrogens is 228 g/mol. The van der Waals surface area contributed by atoms with E-state index in [4.69, 9.17) is 23.2 Å². The van der Waals surface area contributed by atoms with Gasteiger partial charge in [-0.05, 0) is 29.8 Å². The zero-order valence-corrected chi connectivity index (χ0v) is 8.30. The third kappa shape index (κ3) is 1.58. The van der Waals surface area contributed by atoms with E-state index >= 15 is 0 Å². The van der Waals surface area contributed by atoms with Crippen LogP contribution in [0.4, 0.5) is 4.39 Å². The quantitative estimate of drug-likeness (QED) is 0.756. The molecule has 0 radical (unpaired) electrons. The number of hydrogen-bond acceptors (Lipinski definition) is 2. The van der Waals surface area contributed by atoms with E-state index in [1.54, 1.807) is 0 Å². The lowest BCUT2D eigenvalue weighted by Crippen LogP contribution is -1.92. The van der Waals surface area contributed by atoms with Crippen LogP contribution >= 0.6 is 23.2 Å². The summed E-state index contributed by atoms with van der Waals surface area (Å²) >= 11 is 11.3. The molecule has 0 fully saturated rings. The normalized spacial score (nSPS) is 10.5. The highest BCUT2D eigenvalue weighted by Gasteiger charge is 2.05. The van der Waals surface area contributed by atoms with Crippen LogP contribution in [0.2, 0.25) is 10.3 Å². The van der Waals surface area contributed by atoms with Crippen LogP contribution in [0.15, 0.2) is 24.5 Å². The molecule has 0 amide bonds. The van der Waals surface area contributed by atoms with Crippen LogP contribution in [-0.2, 0) is 0 Å². The topological polar surface area (TPSA) is 30.7 Å². The Labute approximate surface area is 89.1 Å². The molecule has 0 spiro atoms. The summed E-state index contributed by atoms with van der Waals surface area (Å²) in [7, 11) is 0. The summed E-state index contributed by atoms with van der Waals surface area (Å²) in [6.45, 7) is 0. The van der Waals surface area contributed by atoms with Crippen molar-refractivity contribution in [1.29, 1.82) is 0 Å². The monoisotopic (exact) mass is 231 g/mol.